The minimum absolute atomic E-state index is 0.107. The van der Waals surface area contributed by atoms with Gasteiger partial charge in [0.05, 0.1) is 4.90 Å². The first-order chi connectivity index (χ1) is 14.3. The molecule has 0 bridgehead atoms. The number of rotatable bonds is 3. The monoisotopic (exact) mass is 427 g/mol. The third kappa shape index (κ3) is 5.76. The predicted molar refractivity (Wildman–Crippen MR) is 115 cm³/mol. The van der Waals surface area contributed by atoms with E-state index in [1.165, 1.54) is 73.2 Å². The van der Waals surface area contributed by atoms with Gasteiger partial charge in [-0.2, -0.15) is 0 Å². The third-order valence-electron chi connectivity index (χ3n) is 5.00. The number of pyridine rings is 1. The lowest BCUT2D eigenvalue weighted by atomic mass is 9.89. The molecule has 4 rings (SSSR count). The lowest BCUT2D eigenvalue weighted by Crippen LogP contribution is -2.15. The van der Waals surface area contributed by atoms with Crippen molar-refractivity contribution in [2.75, 3.05) is 6.26 Å². The van der Waals surface area contributed by atoms with Gasteiger partial charge in [-0.1, -0.05) is 19.3 Å². The Balaban J connectivity index is 0.000000184. The van der Waals surface area contributed by atoms with E-state index in [9.17, 15) is 13.2 Å². The molecule has 0 atom stereocenters. The molecule has 1 saturated carbocycles. The van der Waals surface area contributed by atoms with E-state index in [1.54, 1.807) is 0 Å². The SMILES string of the molecule is CS(=O)(=O)c1ccc(-n2ccc(O)cc2=O)cc1.c1cnc(C2CCCCC2)nc1. The van der Waals surface area contributed by atoms with Crippen molar-refractivity contribution in [3.8, 4) is 11.4 Å². The largest absolute Gasteiger partial charge is 0.508 e. The molecule has 8 heteroatoms. The van der Waals surface area contributed by atoms with E-state index in [0.29, 0.717) is 11.6 Å². The maximum Gasteiger partial charge on any atom is 0.258 e. The number of nitrogens with zero attached hydrogens (tertiary/aromatic N) is 3. The van der Waals surface area contributed by atoms with Crippen LogP contribution in [0.3, 0.4) is 0 Å². The molecule has 3 aromatic rings. The summed E-state index contributed by atoms with van der Waals surface area (Å²) >= 11 is 0. The van der Waals surface area contributed by atoms with Crippen molar-refractivity contribution in [1.82, 2.24) is 14.5 Å². The molecule has 1 N–H and O–H groups in total. The van der Waals surface area contributed by atoms with Crippen LogP contribution in [0.4, 0.5) is 0 Å². The highest BCUT2D eigenvalue weighted by Gasteiger charge is 2.16. The molecule has 0 amide bonds. The van der Waals surface area contributed by atoms with Crippen molar-refractivity contribution in [2.24, 2.45) is 0 Å². The molecule has 0 aliphatic heterocycles. The Labute approximate surface area is 176 Å². The molecular formula is C22H25N3O4S. The van der Waals surface area contributed by atoms with Crippen LogP contribution in [-0.2, 0) is 9.84 Å². The molecule has 1 fully saturated rings. The van der Waals surface area contributed by atoms with Crippen molar-refractivity contribution >= 4 is 9.84 Å². The number of sulfone groups is 1. The smallest absolute Gasteiger partial charge is 0.258 e. The van der Waals surface area contributed by atoms with E-state index >= 15 is 0 Å². The zero-order valence-corrected chi connectivity index (χ0v) is 17.6. The van der Waals surface area contributed by atoms with Crippen molar-refractivity contribution in [2.45, 2.75) is 42.9 Å². The summed E-state index contributed by atoms with van der Waals surface area (Å²) in [7, 11) is -3.25. The van der Waals surface area contributed by atoms with Crippen LogP contribution in [0.5, 0.6) is 5.75 Å². The molecule has 0 spiro atoms. The standard InChI is InChI=1S/C12H11NO4S.C10H14N2/c1-18(16,17)11-4-2-9(3-5-11)13-7-6-10(14)8-12(13)15;1-2-5-9(6-3-1)10-11-7-4-8-12-10/h2-8,14H,1H3;4,7-9H,1-3,5-6H2. The first-order valence-corrected chi connectivity index (χ1v) is 11.7. The molecule has 158 valence electrons. The molecule has 0 radical (unpaired) electrons. The number of aromatic hydroxyl groups is 1. The molecule has 0 unspecified atom stereocenters. The van der Waals surface area contributed by atoms with Gasteiger partial charge < -0.3 is 5.11 Å². The summed E-state index contributed by atoms with van der Waals surface area (Å²) in [6, 6.07) is 10.3. The Morgan fingerprint density at radius 2 is 1.63 bits per heavy atom. The summed E-state index contributed by atoms with van der Waals surface area (Å²) in [6.45, 7) is 0. The summed E-state index contributed by atoms with van der Waals surface area (Å²) in [4.78, 5) is 20.4. The van der Waals surface area contributed by atoms with E-state index in [2.05, 4.69) is 9.97 Å². The highest BCUT2D eigenvalue weighted by molar-refractivity contribution is 7.90. The average Bonchev–Trinajstić information content (AvgIpc) is 2.75. The summed E-state index contributed by atoms with van der Waals surface area (Å²) in [5.74, 6) is 1.58. The van der Waals surface area contributed by atoms with Crippen LogP contribution in [0.2, 0.25) is 0 Å². The van der Waals surface area contributed by atoms with Gasteiger partial charge >= 0.3 is 0 Å². The van der Waals surface area contributed by atoms with Gasteiger partial charge in [0, 0.05) is 42.5 Å². The summed E-state index contributed by atoms with van der Waals surface area (Å²) < 4.78 is 23.9. The lowest BCUT2D eigenvalue weighted by Gasteiger charge is -2.19. The van der Waals surface area contributed by atoms with Crippen LogP contribution in [0.15, 0.2) is 70.7 Å². The molecule has 1 aliphatic rings. The molecule has 7 nitrogen and oxygen atoms in total. The van der Waals surface area contributed by atoms with Gasteiger partial charge in [0.1, 0.15) is 11.6 Å². The van der Waals surface area contributed by atoms with E-state index in [0.717, 1.165) is 18.1 Å². The summed E-state index contributed by atoms with van der Waals surface area (Å²) in [5, 5.41) is 9.14. The van der Waals surface area contributed by atoms with Gasteiger partial charge in [-0.25, -0.2) is 18.4 Å². The van der Waals surface area contributed by atoms with Gasteiger partial charge in [0.2, 0.25) is 0 Å². The second kappa shape index (κ2) is 9.67. The summed E-state index contributed by atoms with van der Waals surface area (Å²) in [5.41, 5.74) is 0.148. The highest BCUT2D eigenvalue weighted by atomic mass is 32.2. The number of hydrogen-bond donors (Lipinski definition) is 1. The maximum atomic E-state index is 11.6. The third-order valence-corrected chi connectivity index (χ3v) is 6.13. The van der Waals surface area contributed by atoms with Gasteiger partial charge in [0.25, 0.3) is 5.56 Å². The number of benzene rings is 1. The molecule has 2 heterocycles. The van der Waals surface area contributed by atoms with Gasteiger partial charge in [-0.3, -0.25) is 9.36 Å². The molecule has 30 heavy (non-hydrogen) atoms. The maximum absolute atomic E-state index is 11.6. The highest BCUT2D eigenvalue weighted by Crippen LogP contribution is 2.29. The Kier molecular flexibility index (Phi) is 6.99. The molecule has 1 aliphatic carbocycles. The van der Waals surface area contributed by atoms with E-state index in [4.69, 9.17) is 5.11 Å². The molecular weight excluding hydrogens is 402 g/mol. The first kappa shape index (κ1) is 21.7. The second-order valence-corrected chi connectivity index (χ2v) is 9.32. The average molecular weight is 428 g/mol. The Morgan fingerprint density at radius 3 is 2.20 bits per heavy atom. The van der Waals surface area contributed by atoms with Crippen LogP contribution in [-0.4, -0.2) is 34.3 Å². The predicted octanol–water partition coefficient (Wildman–Crippen LogP) is 3.47. The van der Waals surface area contributed by atoms with E-state index < -0.39 is 9.84 Å². The van der Waals surface area contributed by atoms with Crippen molar-refractivity contribution in [3.05, 3.63) is 77.2 Å². The fourth-order valence-corrected chi connectivity index (χ4v) is 4.05. The van der Waals surface area contributed by atoms with Crippen LogP contribution in [0, 0.1) is 0 Å². The lowest BCUT2D eigenvalue weighted by molar-refractivity contribution is 0.428. The number of hydrogen-bond acceptors (Lipinski definition) is 6. The van der Waals surface area contributed by atoms with Gasteiger partial charge in [0.15, 0.2) is 9.84 Å². The minimum Gasteiger partial charge on any atom is -0.508 e. The zero-order valence-electron chi connectivity index (χ0n) is 16.8. The van der Waals surface area contributed by atoms with Crippen LogP contribution in [0.25, 0.3) is 5.69 Å². The van der Waals surface area contributed by atoms with Crippen molar-refractivity contribution in [3.63, 3.8) is 0 Å². The first-order valence-electron chi connectivity index (χ1n) is 9.84. The molecule has 0 saturated heterocycles. The molecule has 1 aromatic carbocycles. The van der Waals surface area contributed by atoms with Crippen LogP contribution in [0.1, 0.15) is 43.8 Å². The van der Waals surface area contributed by atoms with Crippen LogP contribution >= 0.6 is 0 Å². The van der Waals surface area contributed by atoms with E-state index in [-0.39, 0.29) is 16.2 Å². The second-order valence-electron chi connectivity index (χ2n) is 7.30. The quantitative estimate of drug-likeness (QED) is 0.687. The van der Waals surface area contributed by atoms with E-state index in [1.807, 2.05) is 18.5 Å². The van der Waals surface area contributed by atoms with Gasteiger partial charge in [-0.15, -0.1) is 0 Å². The Hall–Kier alpha value is -3.00. The molecule has 2 aromatic heterocycles. The fraction of sp³-hybridized carbons (Fsp3) is 0.318. The Bertz CT molecular complexity index is 1120. The normalized spacial score (nSPS) is 14.6. The van der Waals surface area contributed by atoms with Gasteiger partial charge in [-0.05, 0) is 49.2 Å². The fourth-order valence-electron chi connectivity index (χ4n) is 3.42. The topological polar surface area (TPSA) is 102 Å². The van der Waals surface area contributed by atoms with Crippen molar-refractivity contribution < 1.29 is 13.5 Å². The summed E-state index contributed by atoms with van der Waals surface area (Å²) in [6.07, 6.45) is 12.9. The van der Waals surface area contributed by atoms with Crippen LogP contribution < -0.4 is 5.56 Å². The van der Waals surface area contributed by atoms with Crippen molar-refractivity contribution in [1.29, 1.82) is 0 Å². The minimum atomic E-state index is -3.25. The zero-order chi connectivity index (χ0) is 21.6. The number of aromatic nitrogens is 3. The Morgan fingerprint density at radius 1 is 1.00 bits per heavy atom.